The van der Waals surface area contributed by atoms with Gasteiger partial charge in [-0.3, -0.25) is 0 Å². The Morgan fingerprint density at radius 2 is 1.87 bits per heavy atom. The maximum absolute atomic E-state index is 5.79. The summed E-state index contributed by atoms with van der Waals surface area (Å²) in [5.41, 5.74) is 1.89. The van der Waals surface area contributed by atoms with E-state index >= 15 is 0 Å². The molecule has 0 saturated heterocycles. The quantitative estimate of drug-likeness (QED) is 0.843. The highest BCUT2D eigenvalue weighted by molar-refractivity contribution is 6.30. The van der Waals surface area contributed by atoms with Crippen LogP contribution in [0.4, 0.5) is 11.5 Å². The lowest BCUT2D eigenvalue weighted by molar-refractivity contribution is 1.10. The molecule has 2 rings (SSSR count). The minimum absolute atomic E-state index is 0.722. The molecule has 2 aromatic rings. The predicted molar refractivity (Wildman–Crippen MR) is 61.5 cm³/mol. The van der Waals surface area contributed by atoms with Crippen LogP contribution in [0.25, 0.3) is 0 Å². The van der Waals surface area contributed by atoms with E-state index in [0.29, 0.717) is 0 Å². The van der Waals surface area contributed by atoms with E-state index in [1.807, 2.05) is 37.3 Å². The lowest BCUT2D eigenvalue weighted by atomic mass is 10.3. The molecule has 1 aromatic heterocycles. The molecule has 0 saturated carbocycles. The normalized spacial score (nSPS) is 10.0. The van der Waals surface area contributed by atoms with Gasteiger partial charge >= 0.3 is 0 Å². The van der Waals surface area contributed by atoms with Gasteiger partial charge in [0.25, 0.3) is 0 Å². The van der Waals surface area contributed by atoms with Crippen molar-refractivity contribution in [2.24, 2.45) is 0 Å². The number of aryl methyl sites for hydroxylation is 1. The number of hydrogen-bond acceptors (Lipinski definition) is 3. The number of nitrogens with one attached hydrogen (secondary N) is 1. The lowest BCUT2D eigenvalue weighted by Gasteiger charge is -2.05. The predicted octanol–water partition coefficient (Wildman–Crippen LogP) is 3.18. The first kappa shape index (κ1) is 9.93. The van der Waals surface area contributed by atoms with Crippen LogP contribution in [-0.4, -0.2) is 9.97 Å². The van der Waals surface area contributed by atoms with Crippen molar-refractivity contribution in [2.75, 3.05) is 5.32 Å². The van der Waals surface area contributed by atoms with E-state index < -0.39 is 0 Å². The zero-order valence-electron chi connectivity index (χ0n) is 8.24. The Kier molecular flexibility index (Phi) is 2.83. The van der Waals surface area contributed by atoms with Crippen molar-refractivity contribution in [3.63, 3.8) is 0 Å². The molecule has 0 amide bonds. The Morgan fingerprint density at radius 1 is 1.13 bits per heavy atom. The monoisotopic (exact) mass is 219 g/mol. The van der Waals surface area contributed by atoms with Gasteiger partial charge in [-0.1, -0.05) is 11.6 Å². The summed E-state index contributed by atoms with van der Waals surface area (Å²) < 4.78 is 0. The SMILES string of the molecule is Cc1cc(Nc2ccc(Cl)cc2)ncn1. The fraction of sp³-hybridized carbons (Fsp3) is 0.0909. The number of aromatic nitrogens is 2. The molecule has 0 unspecified atom stereocenters. The van der Waals surface area contributed by atoms with Gasteiger partial charge in [0, 0.05) is 22.5 Å². The van der Waals surface area contributed by atoms with Crippen LogP contribution in [0.5, 0.6) is 0 Å². The molecule has 0 aliphatic carbocycles. The van der Waals surface area contributed by atoms with E-state index in [-0.39, 0.29) is 0 Å². The van der Waals surface area contributed by atoms with Crippen molar-refractivity contribution in [2.45, 2.75) is 6.92 Å². The molecular weight excluding hydrogens is 210 g/mol. The molecule has 4 heteroatoms. The average molecular weight is 220 g/mol. The number of nitrogens with zero attached hydrogens (tertiary/aromatic N) is 2. The van der Waals surface area contributed by atoms with E-state index in [1.54, 1.807) is 0 Å². The van der Waals surface area contributed by atoms with Crippen LogP contribution >= 0.6 is 11.6 Å². The van der Waals surface area contributed by atoms with Gasteiger partial charge in [-0.15, -0.1) is 0 Å². The highest BCUT2D eigenvalue weighted by Crippen LogP contribution is 2.17. The molecule has 1 heterocycles. The third-order valence-electron chi connectivity index (χ3n) is 1.92. The Bertz CT molecular complexity index is 454. The van der Waals surface area contributed by atoms with Gasteiger partial charge in [0.15, 0.2) is 0 Å². The van der Waals surface area contributed by atoms with Gasteiger partial charge in [0.05, 0.1) is 0 Å². The first-order chi connectivity index (χ1) is 7.24. The van der Waals surface area contributed by atoms with Crippen LogP contribution in [0.3, 0.4) is 0 Å². The molecule has 76 valence electrons. The van der Waals surface area contributed by atoms with Crippen molar-refractivity contribution < 1.29 is 0 Å². The molecule has 1 aromatic carbocycles. The molecule has 0 bridgehead atoms. The summed E-state index contributed by atoms with van der Waals surface area (Å²) in [6.45, 7) is 1.93. The van der Waals surface area contributed by atoms with Gasteiger partial charge in [-0.2, -0.15) is 0 Å². The van der Waals surface area contributed by atoms with Gasteiger partial charge < -0.3 is 5.32 Å². The minimum atomic E-state index is 0.722. The van der Waals surface area contributed by atoms with E-state index in [9.17, 15) is 0 Å². The van der Waals surface area contributed by atoms with E-state index in [0.717, 1.165) is 22.2 Å². The van der Waals surface area contributed by atoms with Gasteiger partial charge in [0.2, 0.25) is 0 Å². The summed E-state index contributed by atoms with van der Waals surface area (Å²) in [6.07, 6.45) is 1.54. The summed E-state index contributed by atoms with van der Waals surface area (Å²) in [6, 6.07) is 9.35. The van der Waals surface area contributed by atoms with Crippen molar-refractivity contribution in [3.05, 3.63) is 47.4 Å². The average Bonchev–Trinajstić information content (AvgIpc) is 2.22. The molecule has 0 radical (unpaired) electrons. The van der Waals surface area contributed by atoms with E-state index in [4.69, 9.17) is 11.6 Å². The summed E-state index contributed by atoms with van der Waals surface area (Å²) in [4.78, 5) is 8.13. The second kappa shape index (κ2) is 4.28. The van der Waals surface area contributed by atoms with Crippen LogP contribution in [0.15, 0.2) is 36.7 Å². The number of anilines is 2. The summed E-state index contributed by atoms with van der Waals surface area (Å²) in [5.74, 6) is 0.782. The standard InChI is InChI=1S/C11H10ClN3/c1-8-6-11(14-7-13-8)15-10-4-2-9(12)3-5-10/h2-7H,1H3,(H,13,14,15). The topological polar surface area (TPSA) is 37.8 Å². The molecular formula is C11H10ClN3. The fourth-order valence-corrected chi connectivity index (χ4v) is 1.33. The number of halogens is 1. The summed E-state index contributed by atoms with van der Waals surface area (Å²) >= 11 is 5.79. The molecule has 15 heavy (non-hydrogen) atoms. The lowest BCUT2D eigenvalue weighted by Crippen LogP contribution is -1.94. The number of hydrogen-bond donors (Lipinski definition) is 1. The first-order valence-corrected chi connectivity index (χ1v) is 4.93. The van der Waals surface area contributed by atoms with Crippen molar-refractivity contribution >= 4 is 23.1 Å². The van der Waals surface area contributed by atoms with Crippen molar-refractivity contribution in [3.8, 4) is 0 Å². The Balaban J connectivity index is 2.18. The van der Waals surface area contributed by atoms with Crippen LogP contribution in [0.2, 0.25) is 5.02 Å². The first-order valence-electron chi connectivity index (χ1n) is 4.55. The molecule has 0 spiro atoms. The van der Waals surface area contributed by atoms with Gasteiger partial charge in [0.1, 0.15) is 12.1 Å². The molecule has 0 atom stereocenters. The minimum Gasteiger partial charge on any atom is -0.340 e. The zero-order chi connectivity index (χ0) is 10.7. The Labute approximate surface area is 93.1 Å². The zero-order valence-corrected chi connectivity index (χ0v) is 8.99. The van der Waals surface area contributed by atoms with Gasteiger partial charge in [-0.05, 0) is 31.2 Å². The van der Waals surface area contributed by atoms with Crippen LogP contribution < -0.4 is 5.32 Å². The Morgan fingerprint density at radius 3 is 2.53 bits per heavy atom. The van der Waals surface area contributed by atoms with Crippen molar-refractivity contribution in [1.29, 1.82) is 0 Å². The fourth-order valence-electron chi connectivity index (χ4n) is 1.20. The van der Waals surface area contributed by atoms with E-state index in [2.05, 4.69) is 15.3 Å². The summed E-state index contributed by atoms with van der Waals surface area (Å²) in [7, 11) is 0. The maximum atomic E-state index is 5.79. The third-order valence-corrected chi connectivity index (χ3v) is 2.17. The smallest absolute Gasteiger partial charge is 0.133 e. The third kappa shape index (κ3) is 2.67. The van der Waals surface area contributed by atoms with Crippen LogP contribution in [0.1, 0.15) is 5.69 Å². The molecule has 0 aliphatic rings. The molecule has 0 fully saturated rings. The van der Waals surface area contributed by atoms with Crippen LogP contribution in [0, 0.1) is 6.92 Å². The van der Waals surface area contributed by atoms with E-state index in [1.165, 1.54) is 6.33 Å². The summed E-state index contributed by atoms with van der Waals surface area (Å²) in [5, 5.41) is 3.88. The molecule has 0 aliphatic heterocycles. The second-order valence-electron chi connectivity index (χ2n) is 3.18. The van der Waals surface area contributed by atoms with Gasteiger partial charge in [-0.25, -0.2) is 9.97 Å². The largest absolute Gasteiger partial charge is 0.340 e. The number of rotatable bonds is 2. The second-order valence-corrected chi connectivity index (χ2v) is 3.61. The highest BCUT2D eigenvalue weighted by Gasteiger charge is 1.96. The van der Waals surface area contributed by atoms with Crippen LogP contribution in [-0.2, 0) is 0 Å². The number of benzene rings is 1. The molecule has 1 N–H and O–H groups in total. The Hall–Kier alpha value is -1.61. The van der Waals surface area contributed by atoms with Crippen molar-refractivity contribution in [1.82, 2.24) is 9.97 Å². The highest BCUT2D eigenvalue weighted by atomic mass is 35.5. The maximum Gasteiger partial charge on any atom is 0.133 e. The molecule has 3 nitrogen and oxygen atoms in total.